The quantitative estimate of drug-likeness (QED) is 0.737. The predicted octanol–water partition coefficient (Wildman–Crippen LogP) is 3.01. The van der Waals surface area contributed by atoms with Gasteiger partial charge < -0.3 is 4.90 Å². The Kier molecular flexibility index (Phi) is 4.19. The van der Waals surface area contributed by atoms with Crippen LogP contribution in [-0.4, -0.2) is 30.0 Å². The summed E-state index contributed by atoms with van der Waals surface area (Å²) in [5, 5.41) is 0.614. The summed E-state index contributed by atoms with van der Waals surface area (Å²) in [6, 6.07) is 4.08. The van der Waals surface area contributed by atoms with Crippen molar-refractivity contribution in [1.82, 2.24) is 9.88 Å². The van der Waals surface area contributed by atoms with Gasteiger partial charge in [-0.1, -0.05) is 11.6 Å². The maximum absolute atomic E-state index is 5.90. The number of pyridine rings is 1. The topological polar surface area (TPSA) is 16.1 Å². The molecule has 1 aliphatic heterocycles. The summed E-state index contributed by atoms with van der Waals surface area (Å²) in [6.07, 6.45) is 6.91. The van der Waals surface area contributed by atoms with Crippen molar-refractivity contribution in [2.24, 2.45) is 5.92 Å². The summed E-state index contributed by atoms with van der Waals surface area (Å²) in [6.45, 7) is 2.47. The molecule has 0 aliphatic carbocycles. The fourth-order valence-corrected chi connectivity index (χ4v) is 2.61. The van der Waals surface area contributed by atoms with Crippen LogP contribution in [0.15, 0.2) is 18.3 Å². The molecule has 1 aromatic rings. The Morgan fingerprint density at radius 1 is 1.44 bits per heavy atom. The lowest BCUT2D eigenvalue weighted by Crippen LogP contribution is -2.19. The molecule has 2 nitrogen and oxygen atoms in total. The van der Waals surface area contributed by atoms with Gasteiger partial charge in [0, 0.05) is 6.20 Å². The second kappa shape index (κ2) is 5.65. The summed E-state index contributed by atoms with van der Waals surface area (Å²) in [5.41, 5.74) is 1.33. The van der Waals surface area contributed by atoms with Gasteiger partial charge in [-0.3, -0.25) is 0 Å². The average molecular weight is 239 g/mol. The van der Waals surface area contributed by atoms with Crippen LogP contribution in [0.1, 0.15) is 24.8 Å². The molecule has 88 valence electrons. The molecule has 16 heavy (non-hydrogen) atoms. The zero-order chi connectivity index (χ0) is 11.4. The van der Waals surface area contributed by atoms with Crippen molar-refractivity contribution in [3.63, 3.8) is 0 Å². The van der Waals surface area contributed by atoms with Crippen LogP contribution in [0.25, 0.3) is 0 Å². The number of halogens is 1. The fourth-order valence-electron chi connectivity index (χ4n) is 2.42. The van der Waals surface area contributed by atoms with E-state index in [1.807, 2.05) is 6.07 Å². The van der Waals surface area contributed by atoms with Gasteiger partial charge in [0.15, 0.2) is 0 Å². The molecule has 0 spiro atoms. The standard InChI is InChI=1S/C13H19ClN2/c1-16-7-2-3-11(5-8-16)9-12-4-6-15-13(14)10-12/h4,6,10-11H,2-3,5,7-9H2,1H3/t11-/m0/s1. The van der Waals surface area contributed by atoms with Crippen LogP contribution in [0.3, 0.4) is 0 Å². The van der Waals surface area contributed by atoms with E-state index in [2.05, 4.69) is 23.0 Å². The summed E-state index contributed by atoms with van der Waals surface area (Å²) >= 11 is 5.90. The van der Waals surface area contributed by atoms with Gasteiger partial charge in [0.1, 0.15) is 5.15 Å². The van der Waals surface area contributed by atoms with Crippen molar-refractivity contribution in [2.45, 2.75) is 25.7 Å². The SMILES string of the molecule is CN1CCC[C@H](Cc2ccnc(Cl)c2)CC1. The van der Waals surface area contributed by atoms with Gasteiger partial charge in [-0.05, 0) is 69.4 Å². The van der Waals surface area contributed by atoms with E-state index in [9.17, 15) is 0 Å². The largest absolute Gasteiger partial charge is 0.306 e. The van der Waals surface area contributed by atoms with Crippen LogP contribution >= 0.6 is 11.6 Å². The third-order valence-electron chi connectivity index (χ3n) is 3.39. The number of likely N-dealkylation sites (tertiary alicyclic amines) is 1. The summed E-state index contributed by atoms with van der Waals surface area (Å²) < 4.78 is 0. The Labute approximate surface area is 103 Å². The summed E-state index contributed by atoms with van der Waals surface area (Å²) in [4.78, 5) is 6.45. The molecule has 2 heterocycles. The summed E-state index contributed by atoms with van der Waals surface area (Å²) in [7, 11) is 2.21. The van der Waals surface area contributed by atoms with Crippen molar-refractivity contribution in [2.75, 3.05) is 20.1 Å². The van der Waals surface area contributed by atoms with Gasteiger partial charge in [0.2, 0.25) is 0 Å². The highest BCUT2D eigenvalue weighted by Gasteiger charge is 2.15. The molecule has 1 aromatic heterocycles. The van der Waals surface area contributed by atoms with Gasteiger partial charge in [-0.2, -0.15) is 0 Å². The lowest BCUT2D eigenvalue weighted by molar-refractivity contribution is 0.341. The highest BCUT2D eigenvalue weighted by atomic mass is 35.5. The van der Waals surface area contributed by atoms with Crippen molar-refractivity contribution >= 4 is 11.6 Å². The highest BCUT2D eigenvalue weighted by Crippen LogP contribution is 2.21. The van der Waals surface area contributed by atoms with E-state index in [4.69, 9.17) is 11.6 Å². The lowest BCUT2D eigenvalue weighted by Gasteiger charge is -2.14. The van der Waals surface area contributed by atoms with Gasteiger partial charge in [0.25, 0.3) is 0 Å². The summed E-state index contributed by atoms with van der Waals surface area (Å²) in [5.74, 6) is 0.809. The van der Waals surface area contributed by atoms with Crippen LogP contribution in [0.4, 0.5) is 0 Å². The van der Waals surface area contributed by atoms with Crippen molar-refractivity contribution in [3.8, 4) is 0 Å². The minimum Gasteiger partial charge on any atom is -0.306 e. The molecule has 0 unspecified atom stereocenters. The first-order valence-electron chi connectivity index (χ1n) is 6.03. The van der Waals surface area contributed by atoms with E-state index in [1.54, 1.807) is 6.20 Å². The normalized spacial score (nSPS) is 23.0. The van der Waals surface area contributed by atoms with Crippen LogP contribution in [0.5, 0.6) is 0 Å². The number of rotatable bonds is 2. The molecule has 1 atom stereocenters. The first-order valence-corrected chi connectivity index (χ1v) is 6.41. The van der Waals surface area contributed by atoms with Gasteiger partial charge in [0.05, 0.1) is 0 Å². The minimum atomic E-state index is 0.614. The van der Waals surface area contributed by atoms with Crippen LogP contribution in [-0.2, 0) is 6.42 Å². The van der Waals surface area contributed by atoms with Crippen LogP contribution in [0.2, 0.25) is 5.15 Å². The Morgan fingerprint density at radius 3 is 3.12 bits per heavy atom. The molecule has 1 aliphatic rings. The van der Waals surface area contributed by atoms with Crippen molar-refractivity contribution in [1.29, 1.82) is 0 Å². The molecular formula is C13H19ClN2. The highest BCUT2D eigenvalue weighted by molar-refractivity contribution is 6.29. The second-order valence-corrected chi connectivity index (χ2v) is 5.18. The number of aromatic nitrogens is 1. The number of nitrogens with zero attached hydrogens (tertiary/aromatic N) is 2. The van der Waals surface area contributed by atoms with E-state index in [0.29, 0.717) is 5.15 Å². The molecule has 0 saturated carbocycles. The maximum Gasteiger partial charge on any atom is 0.129 e. The van der Waals surface area contributed by atoms with E-state index in [0.717, 1.165) is 12.3 Å². The third kappa shape index (κ3) is 3.46. The zero-order valence-corrected chi connectivity index (χ0v) is 10.6. The molecule has 2 rings (SSSR count). The molecular weight excluding hydrogens is 220 g/mol. The van der Waals surface area contributed by atoms with Crippen molar-refractivity contribution in [3.05, 3.63) is 29.0 Å². The second-order valence-electron chi connectivity index (χ2n) is 4.79. The molecule has 0 radical (unpaired) electrons. The Hall–Kier alpha value is -0.600. The van der Waals surface area contributed by atoms with Gasteiger partial charge >= 0.3 is 0 Å². The zero-order valence-electron chi connectivity index (χ0n) is 9.82. The monoisotopic (exact) mass is 238 g/mol. The molecule has 1 fully saturated rings. The lowest BCUT2D eigenvalue weighted by atomic mass is 9.93. The van der Waals surface area contributed by atoms with E-state index >= 15 is 0 Å². The molecule has 0 N–H and O–H groups in total. The van der Waals surface area contributed by atoms with Gasteiger partial charge in [-0.15, -0.1) is 0 Å². The van der Waals surface area contributed by atoms with Crippen LogP contribution < -0.4 is 0 Å². The van der Waals surface area contributed by atoms with E-state index < -0.39 is 0 Å². The molecule has 3 heteroatoms. The van der Waals surface area contributed by atoms with Crippen LogP contribution in [0, 0.1) is 5.92 Å². The number of hydrogen-bond acceptors (Lipinski definition) is 2. The minimum absolute atomic E-state index is 0.614. The molecule has 1 saturated heterocycles. The average Bonchev–Trinajstić information content (AvgIpc) is 2.44. The van der Waals surface area contributed by atoms with Gasteiger partial charge in [-0.25, -0.2) is 4.98 Å². The molecule has 0 bridgehead atoms. The molecule has 0 amide bonds. The maximum atomic E-state index is 5.90. The fraction of sp³-hybridized carbons (Fsp3) is 0.615. The first kappa shape index (κ1) is 11.9. The Balaban J connectivity index is 1.93. The predicted molar refractivity (Wildman–Crippen MR) is 67.8 cm³/mol. The Morgan fingerprint density at radius 2 is 2.31 bits per heavy atom. The van der Waals surface area contributed by atoms with E-state index in [-0.39, 0.29) is 0 Å². The Bertz CT molecular complexity index is 340. The molecule has 0 aromatic carbocycles. The van der Waals surface area contributed by atoms with E-state index in [1.165, 1.54) is 37.9 Å². The number of hydrogen-bond donors (Lipinski definition) is 0. The smallest absolute Gasteiger partial charge is 0.129 e. The first-order chi connectivity index (χ1) is 7.74. The van der Waals surface area contributed by atoms with Crippen molar-refractivity contribution < 1.29 is 0 Å². The third-order valence-corrected chi connectivity index (χ3v) is 3.59.